The van der Waals surface area contributed by atoms with Gasteiger partial charge in [0.1, 0.15) is 11.2 Å². The first-order valence-corrected chi connectivity index (χ1v) is 18.4. The first-order valence-electron chi connectivity index (χ1n) is 18.4. The molecule has 0 aliphatic carbocycles. The summed E-state index contributed by atoms with van der Waals surface area (Å²) in [5.74, 6) is 1.89. The third-order valence-corrected chi connectivity index (χ3v) is 10.5. The van der Waals surface area contributed by atoms with Crippen molar-refractivity contribution in [2.24, 2.45) is 0 Å². The van der Waals surface area contributed by atoms with E-state index in [1.165, 1.54) is 50.7 Å². The highest BCUT2D eigenvalue weighted by Gasteiger charge is 2.18. The lowest BCUT2D eigenvalue weighted by molar-refractivity contribution is 0.669. The minimum absolute atomic E-state index is 0.614. The predicted octanol–water partition coefficient (Wildman–Crippen LogP) is 13.2. The number of furan rings is 1. The fourth-order valence-electron chi connectivity index (χ4n) is 7.70. The van der Waals surface area contributed by atoms with Crippen LogP contribution >= 0.6 is 0 Å². The van der Waals surface area contributed by atoms with Gasteiger partial charge in [-0.05, 0) is 92.2 Å². The van der Waals surface area contributed by atoms with E-state index in [0.29, 0.717) is 17.5 Å². The summed E-state index contributed by atoms with van der Waals surface area (Å²) >= 11 is 0. The van der Waals surface area contributed by atoms with Crippen LogP contribution in [0.25, 0.3) is 99.5 Å². The molecule has 0 N–H and O–H groups in total. The second-order valence-corrected chi connectivity index (χ2v) is 13.9. The molecule has 0 aliphatic rings. The molecule has 4 nitrogen and oxygen atoms in total. The van der Waals surface area contributed by atoms with E-state index < -0.39 is 0 Å². The van der Waals surface area contributed by atoms with Gasteiger partial charge in [0, 0.05) is 27.5 Å². The van der Waals surface area contributed by atoms with E-state index in [1.807, 2.05) is 42.5 Å². The van der Waals surface area contributed by atoms with Crippen LogP contribution in [0.5, 0.6) is 0 Å². The molecule has 0 unspecified atom stereocenters. The van der Waals surface area contributed by atoms with Crippen molar-refractivity contribution >= 4 is 54.3 Å². The summed E-state index contributed by atoms with van der Waals surface area (Å²) in [7, 11) is 0. The molecule has 0 saturated heterocycles. The molecule has 0 aliphatic heterocycles. The maximum atomic E-state index is 6.56. The van der Waals surface area contributed by atoms with Crippen LogP contribution in [0, 0.1) is 0 Å². The van der Waals surface area contributed by atoms with Crippen molar-refractivity contribution in [2.75, 3.05) is 0 Å². The van der Waals surface area contributed by atoms with Crippen molar-refractivity contribution < 1.29 is 4.42 Å². The second kappa shape index (κ2) is 12.8. The smallest absolute Gasteiger partial charge is 0.164 e. The maximum absolute atomic E-state index is 6.56. The van der Waals surface area contributed by atoms with Gasteiger partial charge in [-0.2, -0.15) is 0 Å². The third kappa shape index (κ3) is 5.60. The zero-order valence-corrected chi connectivity index (χ0v) is 29.4. The summed E-state index contributed by atoms with van der Waals surface area (Å²) in [4.78, 5) is 15.3. The Morgan fingerprint density at radius 2 is 1.09 bits per heavy atom. The molecular weight excluding hydrogens is 647 g/mol. The van der Waals surface area contributed by atoms with Gasteiger partial charge in [-0.3, -0.25) is 0 Å². The Bertz CT molecular complexity index is 3000. The number of fused-ring (bicyclic) bond motifs is 7. The lowest BCUT2D eigenvalue weighted by Crippen LogP contribution is -2.00. The van der Waals surface area contributed by atoms with Crippen LogP contribution in [-0.2, 0) is 6.42 Å². The van der Waals surface area contributed by atoms with E-state index in [4.69, 9.17) is 19.4 Å². The number of rotatable bonds is 7. The summed E-state index contributed by atoms with van der Waals surface area (Å²) in [5, 5.41) is 9.42. The summed E-state index contributed by atoms with van der Waals surface area (Å²) in [5.41, 5.74) is 8.07. The van der Waals surface area contributed by atoms with Crippen LogP contribution in [0.15, 0.2) is 162 Å². The van der Waals surface area contributed by atoms with Crippen molar-refractivity contribution in [3.8, 4) is 45.3 Å². The number of unbranched alkanes of at least 4 members (excludes halogenated alkanes) is 1. The monoisotopic (exact) mass is 681 g/mol. The van der Waals surface area contributed by atoms with Crippen LogP contribution in [-0.4, -0.2) is 15.0 Å². The molecule has 4 heteroatoms. The predicted molar refractivity (Wildman–Crippen MR) is 220 cm³/mol. The van der Waals surface area contributed by atoms with Crippen molar-refractivity contribution in [2.45, 2.75) is 26.2 Å². The molecule has 8 aromatic carbocycles. The highest BCUT2D eigenvalue weighted by atomic mass is 16.3. The van der Waals surface area contributed by atoms with E-state index >= 15 is 0 Å². The van der Waals surface area contributed by atoms with Gasteiger partial charge in [-0.1, -0.05) is 141 Å². The van der Waals surface area contributed by atoms with E-state index in [1.54, 1.807) is 0 Å². The summed E-state index contributed by atoms with van der Waals surface area (Å²) in [6.45, 7) is 2.24. The standard InChI is InChI=1S/C49H35N3O/c1-2-3-10-31-17-18-35-29-39(22-20-34(35)27-31)48-50-47(33-12-5-4-6-13-33)51-49(52-48)43-15-9-16-44-46(43)42-26-24-37(30-45(42)53-44)36-23-25-41-38(28-36)21-19-32-11-7-8-14-40(32)41/h4-9,11-30H,2-3,10H2,1H3. The van der Waals surface area contributed by atoms with Crippen LogP contribution in [0.4, 0.5) is 0 Å². The Morgan fingerprint density at radius 1 is 0.434 bits per heavy atom. The molecule has 0 saturated carbocycles. The van der Waals surface area contributed by atoms with Crippen LogP contribution in [0.1, 0.15) is 25.3 Å². The van der Waals surface area contributed by atoms with Gasteiger partial charge in [0.2, 0.25) is 0 Å². The summed E-state index contributed by atoms with van der Waals surface area (Å²) in [6, 6.07) is 55.7. The maximum Gasteiger partial charge on any atom is 0.164 e. The normalized spacial score (nSPS) is 11.7. The zero-order chi connectivity index (χ0) is 35.3. The van der Waals surface area contributed by atoms with Crippen LogP contribution in [0.2, 0.25) is 0 Å². The number of nitrogens with zero attached hydrogens (tertiary/aromatic N) is 3. The summed E-state index contributed by atoms with van der Waals surface area (Å²) < 4.78 is 6.56. The molecule has 0 radical (unpaired) electrons. The van der Waals surface area contributed by atoms with Crippen LogP contribution in [0.3, 0.4) is 0 Å². The molecule has 0 bridgehead atoms. The zero-order valence-electron chi connectivity index (χ0n) is 29.4. The van der Waals surface area contributed by atoms with Gasteiger partial charge in [-0.15, -0.1) is 0 Å². The highest BCUT2D eigenvalue weighted by molar-refractivity contribution is 6.13. The van der Waals surface area contributed by atoms with E-state index in [0.717, 1.165) is 56.2 Å². The lowest BCUT2D eigenvalue weighted by atomic mass is 9.96. The lowest BCUT2D eigenvalue weighted by Gasteiger charge is -2.10. The molecule has 252 valence electrons. The minimum Gasteiger partial charge on any atom is -0.456 e. The topological polar surface area (TPSA) is 51.8 Å². The van der Waals surface area contributed by atoms with Gasteiger partial charge in [0.15, 0.2) is 17.5 Å². The number of aryl methyl sites for hydroxylation is 1. The Kier molecular flexibility index (Phi) is 7.54. The van der Waals surface area contributed by atoms with Gasteiger partial charge in [0.25, 0.3) is 0 Å². The average Bonchev–Trinajstić information content (AvgIpc) is 3.61. The minimum atomic E-state index is 0.614. The van der Waals surface area contributed by atoms with Gasteiger partial charge in [-0.25, -0.2) is 15.0 Å². The van der Waals surface area contributed by atoms with Crippen LogP contribution < -0.4 is 0 Å². The van der Waals surface area contributed by atoms with Gasteiger partial charge >= 0.3 is 0 Å². The number of hydrogen-bond acceptors (Lipinski definition) is 4. The molecule has 0 spiro atoms. The second-order valence-electron chi connectivity index (χ2n) is 13.9. The van der Waals surface area contributed by atoms with Gasteiger partial charge < -0.3 is 4.42 Å². The van der Waals surface area contributed by atoms with E-state index in [9.17, 15) is 0 Å². The highest BCUT2D eigenvalue weighted by Crippen LogP contribution is 2.39. The van der Waals surface area contributed by atoms with E-state index in [2.05, 4.69) is 122 Å². The molecule has 10 rings (SSSR count). The van der Waals surface area contributed by atoms with Gasteiger partial charge in [0.05, 0.1) is 0 Å². The number of benzene rings is 8. The quantitative estimate of drug-likeness (QED) is 0.157. The summed E-state index contributed by atoms with van der Waals surface area (Å²) in [6.07, 6.45) is 3.48. The largest absolute Gasteiger partial charge is 0.456 e. The first kappa shape index (κ1) is 31.1. The molecule has 2 aromatic heterocycles. The third-order valence-electron chi connectivity index (χ3n) is 10.5. The first-order chi connectivity index (χ1) is 26.2. The Balaban J connectivity index is 1.09. The Morgan fingerprint density at radius 3 is 1.98 bits per heavy atom. The van der Waals surface area contributed by atoms with Crippen molar-refractivity contribution in [1.82, 2.24) is 15.0 Å². The van der Waals surface area contributed by atoms with E-state index in [-0.39, 0.29) is 0 Å². The van der Waals surface area contributed by atoms with Crippen molar-refractivity contribution in [3.63, 3.8) is 0 Å². The fraction of sp³-hybridized carbons (Fsp3) is 0.0816. The average molecular weight is 682 g/mol. The number of hydrogen-bond donors (Lipinski definition) is 0. The fourth-order valence-corrected chi connectivity index (χ4v) is 7.70. The number of aromatic nitrogens is 3. The Labute approximate surface area is 307 Å². The molecule has 0 amide bonds. The molecule has 10 aromatic rings. The molecular formula is C49H35N3O. The molecule has 53 heavy (non-hydrogen) atoms. The molecule has 0 fully saturated rings. The molecule has 0 atom stereocenters. The molecule has 2 heterocycles. The Hall–Kier alpha value is -6.65. The van der Waals surface area contributed by atoms with Crippen molar-refractivity contribution in [1.29, 1.82) is 0 Å². The van der Waals surface area contributed by atoms with Crippen molar-refractivity contribution in [3.05, 3.63) is 163 Å². The SMILES string of the molecule is CCCCc1ccc2cc(-c3nc(-c4ccccc4)nc(-c4cccc5oc6cc(-c7ccc8c(ccc9ccccc98)c7)ccc6c45)n3)ccc2c1.